The Labute approximate surface area is 187 Å². The molecule has 1 aromatic carbocycles. The zero-order valence-electron chi connectivity index (χ0n) is 18.4. The summed E-state index contributed by atoms with van der Waals surface area (Å²) in [7, 11) is 1.87. The van der Waals surface area contributed by atoms with E-state index in [2.05, 4.69) is 51.5 Å². The van der Waals surface area contributed by atoms with Crippen molar-refractivity contribution < 1.29 is 10.2 Å². The van der Waals surface area contributed by atoms with Crippen LogP contribution in [-0.4, -0.2) is 49.0 Å². The molecular formula is C25H29N5O2. The molecule has 32 heavy (non-hydrogen) atoms. The Balaban J connectivity index is 1.33. The van der Waals surface area contributed by atoms with Crippen LogP contribution >= 0.6 is 0 Å². The van der Waals surface area contributed by atoms with Gasteiger partial charge in [0.25, 0.3) is 0 Å². The second-order valence-electron chi connectivity index (χ2n) is 8.69. The van der Waals surface area contributed by atoms with Crippen LogP contribution in [0.15, 0.2) is 48.9 Å². The van der Waals surface area contributed by atoms with Crippen molar-refractivity contribution in [3.8, 4) is 0 Å². The normalized spacial score (nSPS) is 23.2. The number of hydrogen-bond donors (Lipinski definition) is 3. The molecule has 0 saturated heterocycles. The number of hydrogen-bond acceptors (Lipinski definition) is 6. The minimum absolute atomic E-state index is 0.0206. The summed E-state index contributed by atoms with van der Waals surface area (Å²) < 4.78 is 2.02. The molecule has 0 amide bonds. The van der Waals surface area contributed by atoms with Crippen molar-refractivity contribution in [2.75, 3.05) is 12.4 Å². The second kappa shape index (κ2) is 8.48. The van der Waals surface area contributed by atoms with Crippen molar-refractivity contribution in [3.05, 3.63) is 60.2 Å². The summed E-state index contributed by atoms with van der Waals surface area (Å²) in [4.78, 5) is 13.5. The Kier molecular flexibility index (Phi) is 5.53. The van der Waals surface area contributed by atoms with Gasteiger partial charge in [-0.25, -0.2) is 15.0 Å². The quantitative estimate of drug-likeness (QED) is 0.432. The summed E-state index contributed by atoms with van der Waals surface area (Å²) in [6, 6.07) is 12.2. The Bertz CT molecular complexity index is 1250. The highest BCUT2D eigenvalue weighted by atomic mass is 16.3. The van der Waals surface area contributed by atoms with Gasteiger partial charge in [0.15, 0.2) is 0 Å². The number of rotatable bonds is 6. The van der Waals surface area contributed by atoms with Gasteiger partial charge in [0.2, 0.25) is 0 Å². The highest BCUT2D eigenvalue weighted by Gasteiger charge is 2.42. The van der Waals surface area contributed by atoms with E-state index >= 15 is 0 Å². The van der Waals surface area contributed by atoms with Gasteiger partial charge in [0, 0.05) is 24.0 Å². The van der Waals surface area contributed by atoms with Crippen LogP contribution in [0.5, 0.6) is 0 Å². The van der Waals surface area contributed by atoms with Gasteiger partial charge < -0.3 is 20.1 Å². The van der Waals surface area contributed by atoms with Crippen molar-refractivity contribution in [2.45, 2.75) is 50.9 Å². The van der Waals surface area contributed by atoms with Crippen molar-refractivity contribution >= 4 is 27.8 Å². The average Bonchev–Trinajstić information content (AvgIpc) is 3.38. The molecule has 3 heterocycles. The molecule has 4 atom stereocenters. The maximum Gasteiger partial charge on any atom is 0.143 e. The van der Waals surface area contributed by atoms with Crippen LogP contribution in [0.4, 0.5) is 5.82 Å². The zero-order valence-corrected chi connectivity index (χ0v) is 18.4. The third-order valence-electron chi connectivity index (χ3n) is 6.87. The third kappa shape index (κ3) is 3.61. The number of aromatic nitrogens is 4. The van der Waals surface area contributed by atoms with E-state index in [0.29, 0.717) is 6.42 Å². The number of aryl methyl sites for hydroxylation is 2. The van der Waals surface area contributed by atoms with E-state index in [0.717, 1.165) is 52.7 Å². The molecule has 1 aliphatic rings. The van der Waals surface area contributed by atoms with E-state index in [4.69, 9.17) is 0 Å². The van der Waals surface area contributed by atoms with Crippen LogP contribution in [0.3, 0.4) is 0 Å². The molecule has 0 bridgehead atoms. The largest absolute Gasteiger partial charge is 0.390 e. The fourth-order valence-corrected chi connectivity index (χ4v) is 5.04. The first-order valence-electron chi connectivity index (χ1n) is 11.3. The molecule has 7 nitrogen and oxygen atoms in total. The van der Waals surface area contributed by atoms with Crippen molar-refractivity contribution in [1.29, 1.82) is 0 Å². The first-order valence-corrected chi connectivity index (χ1v) is 11.3. The Morgan fingerprint density at radius 1 is 1.09 bits per heavy atom. The van der Waals surface area contributed by atoms with Gasteiger partial charge in [-0.3, -0.25) is 0 Å². The van der Waals surface area contributed by atoms with E-state index in [1.807, 2.05) is 29.9 Å². The zero-order chi connectivity index (χ0) is 22.2. The molecule has 0 spiro atoms. The summed E-state index contributed by atoms with van der Waals surface area (Å²) in [6.45, 7) is 2.07. The fraction of sp³-hybridized carbons (Fsp3) is 0.400. The molecule has 166 valence electrons. The maximum absolute atomic E-state index is 10.9. The molecule has 5 rings (SSSR count). The topological polar surface area (TPSA) is 96.1 Å². The summed E-state index contributed by atoms with van der Waals surface area (Å²) in [6.07, 6.45) is 5.17. The average molecular weight is 432 g/mol. The van der Waals surface area contributed by atoms with Crippen LogP contribution < -0.4 is 5.32 Å². The predicted octanol–water partition coefficient (Wildman–Crippen LogP) is 3.50. The van der Waals surface area contributed by atoms with E-state index in [-0.39, 0.29) is 12.0 Å². The molecule has 1 aliphatic carbocycles. The number of anilines is 1. The smallest absolute Gasteiger partial charge is 0.143 e. The number of benzene rings is 1. The lowest BCUT2D eigenvalue weighted by molar-refractivity contribution is 0.00545. The maximum atomic E-state index is 10.9. The van der Waals surface area contributed by atoms with Gasteiger partial charge in [-0.15, -0.1) is 0 Å². The fourth-order valence-electron chi connectivity index (χ4n) is 5.04. The molecule has 1 fully saturated rings. The molecule has 7 heteroatoms. The van der Waals surface area contributed by atoms with Crippen molar-refractivity contribution in [1.82, 2.24) is 19.5 Å². The highest BCUT2D eigenvalue weighted by molar-refractivity contribution is 5.81. The number of pyridine rings is 1. The highest BCUT2D eigenvalue weighted by Crippen LogP contribution is 2.39. The van der Waals surface area contributed by atoms with E-state index in [9.17, 15) is 10.2 Å². The standard InChI is InChI=1S/C25H29N5O2/c1-3-19-18-10-11-30(25(18)28-14-27-19)21-13-17(23(31)24(21)32)7-5-15-4-6-16-8-9-22(26-2)29-20(16)12-15/h4,6,8-12,14,17,21,23-24,31-32H,3,5,7,13H2,1-2H3,(H,26,29)/t17-,21+,23+,24-/m0/s1. The monoisotopic (exact) mass is 431 g/mol. The Morgan fingerprint density at radius 3 is 2.75 bits per heavy atom. The number of aliphatic hydroxyl groups excluding tert-OH is 2. The van der Waals surface area contributed by atoms with Gasteiger partial charge in [-0.1, -0.05) is 19.1 Å². The van der Waals surface area contributed by atoms with Crippen molar-refractivity contribution in [3.63, 3.8) is 0 Å². The number of fused-ring (bicyclic) bond motifs is 2. The number of aliphatic hydroxyl groups is 2. The minimum atomic E-state index is -0.813. The van der Waals surface area contributed by atoms with Crippen LogP contribution in [0.1, 0.15) is 37.1 Å². The molecule has 0 unspecified atom stereocenters. The Morgan fingerprint density at radius 2 is 1.94 bits per heavy atom. The van der Waals surface area contributed by atoms with Crippen LogP contribution in [0.25, 0.3) is 21.9 Å². The predicted molar refractivity (Wildman–Crippen MR) is 126 cm³/mol. The van der Waals surface area contributed by atoms with Gasteiger partial charge in [0.05, 0.1) is 23.4 Å². The van der Waals surface area contributed by atoms with E-state index in [1.165, 1.54) is 5.56 Å². The van der Waals surface area contributed by atoms with Crippen LogP contribution in [-0.2, 0) is 12.8 Å². The van der Waals surface area contributed by atoms with Crippen LogP contribution in [0, 0.1) is 5.92 Å². The van der Waals surface area contributed by atoms with E-state index in [1.54, 1.807) is 6.33 Å². The molecule has 0 radical (unpaired) electrons. The van der Waals surface area contributed by atoms with Crippen LogP contribution in [0.2, 0.25) is 0 Å². The SMILES string of the molecule is CCc1ncnc2c1ccn2[C@@H]1C[C@H](CCc2ccc3ccc(NC)nc3c2)[C@@H](O)[C@H]1O. The molecule has 3 N–H and O–H groups in total. The molecule has 0 aliphatic heterocycles. The van der Waals surface area contributed by atoms with Gasteiger partial charge in [-0.05, 0) is 61.4 Å². The lowest BCUT2D eigenvalue weighted by atomic mass is 9.95. The second-order valence-corrected chi connectivity index (χ2v) is 8.69. The molecule has 4 aromatic rings. The third-order valence-corrected chi connectivity index (χ3v) is 6.87. The minimum Gasteiger partial charge on any atom is -0.390 e. The first-order chi connectivity index (χ1) is 15.6. The summed E-state index contributed by atoms with van der Waals surface area (Å²) in [5.41, 5.74) is 3.99. The summed E-state index contributed by atoms with van der Waals surface area (Å²) in [5.74, 6) is 0.869. The Hall–Kier alpha value is -3.03. The first kappa shape index (κ1) is 20.8. The summed E-state index contributed by atoms with van der Waals surface area (Å²) in [5, 5.41) is 26.9. The van der Waals surface area contributed by atoms with E-state index < -0.39 is 12.2 Å². The summed E-state index contributed by atoms with van der Waals surface area (Å²) >= 11 is 0. The van der Waals surface area contributed by atoms with Gasteiger partial charge in [-0.2, -0.15) is 0 Å². The van der Waals surface area contributed by atoms with Gasteiger partial charge >= 0.3 is 0 Å². The lowest BCUT2D eigenvalue weighted by Crippen LogP contribution is -2.29. The lowest BCUT2D eigenvalue weighted by Gasteiger charge is -2.19. The number of nitrogens with zero attached hydrogens (tertiary/aromatic N) is 4. The van der Waals surface area contributed by atoms with Gasteiger partial charge in [0.1, 0.15) is 23.9 Å². The molecule has 3 aromatic heterocycles. The molecular weight excluding hydrogens is 402 g/mol. The van der Waals surface area contributed by atoms with Crippen molar-refractivity contribution in [2.24, 2.45) is 5.92 Å². The molecule has 1 saturated carbocycles. The number of nitrogens with one attached hydrogen (secondary N) is 1.